The zero-order valence-electron chi connectivity index (χ0n) is 25.2. The summed E-state index contributed by atoms with van der Waals surface area (Å²) in [6.45, 7) is 10.6. The summed E-state index contributed by atoms with van der Waals surface area (Å²) >= 11 is 0. The van der Waals surface area contributed by atoms with Gasteiger partial charge >= 0.3 is 0 Å². The number of methoxy groups -OCH3 is 1. The topological polar surface area (TPSA) is 94.8 Å². The van der Waals surface area contributed by atoms with Gasteiger partial charge in [-0.05, 0) is 86.8 Å². The van der Waals surface area contributed by atoms with Gasteiger partial charge in [0.05, 0.1) is 18.8 Å². The van der Waals surface area contributed by atoms with E-state index in [1.54, 1.807) is 25.3 Å². The van der Waals surface area contributed by atoms with Crippen LogP contribution in [0.3, 0.4) is 0 Å². The lowest BCUT2D eigenvalue weighted by atomic mass is 9.49. The van der Waals surface area contributed by atoms with Crippen LogP contribution in [0, 0.1) is 34.0 Å². The number of nitrogens with one attached hydrogen (secondary N) is 1. The van der Waals surface area contributed by atoms with Crippen LogP contribution in [0.25, 0.3) is 0 Å². The molecule has 1 saturated heterocycles. The number of hydrogen-bond donors (Lipinski definition) is 2. The molecule has 0 bridgehead atoms. The Labute approximate surface area is 244 Å². The van der Waals surface area contributed by atoms with Crippen molar-refractivity contribution in [1.82, 2.24) is 5.32 Å². The normalized spacial score (nSPS) is 27.3. The van der Waals surface area contributed by atoms with Crippen LogP contribution in [0.2, 0.25) is 0 Å². The minimum Gasteiger partial charge on any atom is -0.495 e. The smallest absolute Gasteiger partial charge is 0.251 e. The van der Waals surface area contributed by atoms with Crippen LogP contribution in [0.4, 0.5) is 5.69 Å². The van der Waals surface area contributed by atoms with E-state index >= 15 is 0 Å². The van der Waals surface area contributed by atoms with Crippen molar-refractivity contribution in [3.63, 3.8) is 0 Å². The first-order chi connectivity index (χ1) is 19.5. The summed E-state index contributed by atoms with van der Waals surface area (Å²) in [5.74, 6) is 2.60. The molecular formula is C34H45N3O4. The molecule has 0 atom stereocenters. The van der Waals surface area contributed by atoms with E-state index in [1.165, 1.54) is 31.4 Å². The number of aliphatic hydroxyl groups excluding tert-OH is 1. The van der Waals surface area contributed by atoms with E-state index in [2.05, 4.69) is 56.1 Å². The molecule has 0 unspecified atom stereocenters. The van der Waals surface area contributed by atoms with Gasteiger partial charge in [0.25, 0.3) is 5.91 Å². The highest BCUT2D eigenvalue weighted by atomic mass is 16.5. The number of anilines is 1. The van der Waals surface area contributed by atoms with E-state index in [-0.39, 0.29) is 35.0 Å². The molecule has 2 aromatic carbocycles. The number of ether oxygens (including phenoxy) is 2. The van der Waals surface area contributed by atoms with Crippen molar-refractivity contribution in [1.29, 1.82) is 5.26 Å². The Hall–Kier alpha value is -3.24. The highest BCUT2D eigenvalue weighted by Gasteiger charge is 2.64. The number of carbonyl (C=O) groups excluding carboxylic acids is 1. The Morgan fingerprint density at radius 2 is 1.56 bits per heavy atom. The number of nitriles is 1. The second kappa shape index (κ2) is 11.6. The predicted molar refractivity (Wildman–Crippen MR) is 160 cm³/mol. The monoisotopic (exact) mass is 559 g/mol. The molecular weight excluding hydrogens is 514 g/mol. The summed E-state index contributed by atoms with van der Waals surface area (Å²) in [6.07, 6.45) is 6.44. The van der Waals surface area contributed by atoms with E-state index in [0.29, 0.717) is 22.6 Å². The van der Waals surface area contributed by atoms with E-state index < -0.39 is 0 Å². The predicted octanol–water partition coefficient (Wildman–Crippen LogP) is 5.95. The van der Waals surface area contributed by atoms with Gasteiger partial charge in [0.2, 0.25) is 0 Å². The van der Waals surface area contributed by atoms with Crippen LogP contribution >= 0.6 is 0 Å². The van der Waals surface area contributed by atoms with Crippen molar-refractivity contribution in [2.75, 3.05) is 25.1 Å². The standard InChI is InChI=1S/C34H45N3O4/c1-33(2)31(34(3,4)32(33)41-28-15-10-25(21-35)29(20-28)40-5)36-30(39)24-6-11-26(12-7-24)37-18-16-23(17-19-37)22-8-13-27(38)14-9-22/h6-7,10-12,15,20,22-23,27,31-32,38H,8-9,13-14,16-19H2,1-5H3,(H,36,39). The molecule has 0 aromatic heterocycles. The van der Waals surface area contributed by atoms with Crippen LogP contribution in [-0.2, 0) is 0 Å². The van der Waals surface area contributed by atoms with Crippen LogP contribution in [0.5, 0.6) is 11.5 Å². The fraction of sp³-hybridized carbons (Fsp3) is 0.588. The maximum absolute atomic E-state index is 13.3. The number of nitrogens with zero attached hydrogens (tertiary/aromatic N) is 2. The number of hydrogen-bond acceptors (Lipinski definition) is 6. The molecule has 3 aliphatic rings. The van der Waals surface area contributed by atoms with Gasteiger partial charge in [0, 0.05) is 47.3 Å². The third-order valence-corrected chi connectivity index (χ3v) is 10.1. The van der Waals surface area contributed by atoms with Crippen LogP contribution < -0.4 is 19.7 Å². The van der Waals surface area contributed by atoms with Gasteiger partial charge in [-0.3, -0.25) is 4.79 Å². The molecule has 7 heteroatoms. The fourth-order valence-corrected chi connectivity index (χ4v) is 8.01. The number of aliphatic hydroxyl groups is 1. The lowest BCUT2D eigenvalue weighted by Crippen LogP contribution is -2.74. The van der Waals surface area contributed by atoms with Crippen molar-refractivity contribution in [3.8, 4) is 17.6 Å². The average molecular weight is 560 g/mol. The maximum atomic E-state index is 13.3. The zero-order valence-corrected chi connectivity index (χ0v) is 25.2. The van der Waals surface area contributed by atoms with Crippen molar-refractivity contribution in [3.05, 3.63) is 53.6 Å². The summed E-state index contributed by atoms with van der Waals surface area (Å²) in [5, 5.41) is 22.4. The molecule has 0 spiro atoms. The largest absolute Gasteiger partial charge is 0.495 e. The molecule has 0 radical (unpaired) electrons. The van der Waals surface area contributed by atoms with Crippen LogP contribution in [0.1, 0.15) is 82.1 Å². The number of carbonyl (C=O) groups is 1. The van der Waals surface area contributed by atoms with Gasteiger partial charge in [-0.2, -0.15) is 5.26 Å². The number of rotatable bonds is 7. The van der Waals surface area contributed by atoms with Gasteiger partial charge in [-0.25, -0.2) is 0 Å². The number of amides is 1. The van der Waals surface area contributed by atoms with E-state index in [1.807, 2.05) is 12.1 Å². The second-order valence-corrected chi connectivity index (χ2v) is 13.5. The lowest BCUT2D eigenvalue weighted by Gasteiger charge is -2.63. The Morgan fingerprint density at radius 1 is 0.951 bits per heavy atom. The van der Waals surface area contributed by atoms with E-state index in [4.69, 9.17) is 9.47 Å². The molecule has 5 rings (SSSR count). The zero-order chi connectivity index (χ0) is 29.4. The molecule has 1 heterocycles. The van der Waals surface area contributed by atoms with E-state index in [0.717, 1.165) is 37.8 Å². The highest BCUT2D eigenvalue weighted by Crippen LogP contribution is 2.55. The summed E-state index contributed by atoms with van der Waals surface area (Å²) in [5.41, 5.74) is 1.70. The van der Waals surface area contributed by atoms with Gasteiger partial charge < -0.3 is 24.8 Å². The first kappa shape index (κ1) is 29.3. The molecule has 1 aliphatic heterocycles. The van der Waals surface area contributed by atoms with Crippen molar-refractivity contribution in [2.24, 2.45) is 22.7 Å². The molecule has 7 nitrogen and oxygen atoms in total. The molecule has 3 fully saturated rings. The van der Waals surface area contributed by atoms with Crippen molar-refractivity contribution < 1.29 is 19.4 Å². The molecule has 1 amide bonds. The van der Waals surface area contributed by atoms with Crippen LogP contribution in [-0.4, -0.2) is 49.5 Å². The van der Waals surface area contributed by atoms with E-state index in [9.17, 15) is 15.2 Å². The average Bonchev–Trinajstić information content (AvgIpc) is 2.98. The first-order valence-electron chi connectivity index (χ1n) is 15.1. The second-order valence-electron chi connectivity index (χ2n) is 13.5. The van der Waals surface area contributed by atoms with Crippen molar-refractivity contribution >= 4 is 11.6 Å². The SMILES string of the molecule is COc1cc(OC2C(C)(C)C(NC(=O)c3ccc(N4CCC(C5CCC(O)CC5)CC4)cc3)C2(C)C)ccc1C#N. The molecule has 41 heavy (non-hydrogen) atoms. The summed E-state index contributed by atoms with van der Waals surface area (Å²) in [6, 6.07) is 15.3. The quantitative estimate of drug-likeness (QED) is 0.436. The molecule has 2 N–H and O–H groups in total. The number of piperidine rings is 1. The minimum absolute atomic E-state index is 0.0700. The Kier molecular flexibility index (Phi) is 8.25. The van der Waals surface area contributed by atoms with Gasteiger partial charge in [0.15, 0.2) is 0 Å². The maximum Gasteiger partial charge on any atom is 0.251 e. The Balaban J connectivity index is 1.17. The first-order valence-corrected chi connectivity index (χ1v) is 15.1. The van der Waals surface area contributed by atoms with Gasteiger partial charge in [-0.1, -0.05) is 27.7 Å². The lowest BCUT2D eigenvalue weighted by molar-refractivity contribution is -0.164. The third-order valence-electron chi connectivity index (χ3n) is 10.1. The molecule has 2 saturated carbocycles. The molecule has 220 valence electrons. The molecule has 2 aromatic rings. The molecule has 2 aliphatic carbocycles. The highest BCUT2D eigenvalue weighted by molar-refractivity contribution is 5.95. The Morgan fingerprint density at radius 3 is 2.15 bits per heavy atom. The summed E-state index contributed by atoms with van der Waals surface area (Å²) in [7, 11) is 1.54. The van der Waals surface area contributed by atoms with Gasteiger partial charge in [-0.15, -0.1) is 0 Å². The van der Waals surface area contributed by atoms with Gasteiger partial charge in [0.1, 0.15) is 23.7 Å². The Bertz CT molecular complexity index is 1250. The third kappa shape index (κ3) is 5.77. The summed E-state index contributed by atoms with van der Waals surface area (Å²) in [4.78, 5) is 15.8. The number of benzene rings is 2. The minimum atomic E-state index is -0.305. The van der Waals surface area contributed by atoms with Crippen LogP contribution in [0.15, 0.2) is 42.5 Å². The summed E-state index contributed by atoms with van der Waals surface area (Å²) < 4.78 is 11.8. The van der Waals surface area contributed by atoms with Crippen molar-refractivity contribution in [2.45, 2.75) is 84.5 Å². The fourth-order valence-electron chi connectivity index (χ4n) is 8.01.